The Kier molecular flexibility index (Phi) is 14.2. The molecule has 0 rings (SSSR count). The molecule has 0 bridgehead atoms. The Labute approximate surface area is 120 Å². The Morgan fingerprint density at radius 1 is 0.632 bits per heavy atom. The summed E-state index contributed by atoms with van der Waals surface area (Å²) in [5.74, 6) is 0. The number of hydrogen-bond acceptors (Lipinski definition) is 8. The van der Waals surface area contributed by atoms with Gasteiger partial charge in [0.05, 0.1) is 26.2 Å². The van der Waals surface area contributed by atoms with Crippen molar-refractivity contribution in [3.8, 4) is 0 Å². The molecule has 11 heteroatoms. The molecule has 0 unspecified atom stereocenters. The zero-order chi connectivity index (χ0) is 16.3. The van der Waals surface area contributed by atoms with Crippen molar-refractivity contribution in [3.63, 3.8) is 0 Å². The van der Waals surface area contributed by atoms with Crippen LogP contribution in [-0.4, -0.2) is 30.7 Å². The molecule has 9 nitrogen and oxygen atoms in total. The van der Waals surface area contributed by atoms with Gasteiger partial charge in [-0.2, -0.15) is 0 Å². The van der Waals surface area contributed by atoms with Crippen molar-refractivity contribution in [1.29, 1.82) is 0 Å². The van der Waals surface area contributed by atoms with Crippen LogP contribution in [0.4, 0.5) is 0 Å². The van der Waals surface area contributed by atoms with Gasteiger partial charge in [0.2, 0.25) is 0 Å². The summed E-state index contributed by atoms with van der Waals surface area (Å²) in [7, 11) is 0. The molecule has 0 aliphatic carbocycles. The molecular formula is C8H20Mo2NO8-3. The van der Waals surface area contributed by atoms with Crippen LogP contribution in [0.5, 0.6) is 0 Å². The zero-order valence-electron chi connectivity index (χ0n) is 11.4. The first-order valence-corrected chi connectivity index (χ1v) is 12.0. The topological polar surface area (TPSA) is 161 Å². The molecule has 0 saturated carbocycles. The average Bonchev–Trinajstić information content (AvgIpc) is 2.17. The fraction of sp³-hybridized carbons (Fsp3) is 1.00. The number of hydrogen-bond donors (Lipinski definition) is 0. The van der Waals surface area contributed by atoms with Crippen molar-refractivity contribution in [2.45, 2.75) is 27.7 Å². The van der Waals surface area contributed by atoms with Crippen LogP contribution < -0.4 is 15.0 Å². The van der Waals surface area contributed by atoms with E-state index in [1.54, 1.807) is 0 Å². The molecule has 0 saturated heterocycles. The monoisotopic (exact) mass is 454 g/mol. The molecule has 0 heterocycles. The van der Waals surface area contributed by atoms with E-state index in [1.165, 1.54) is 30.7 Å². The van der Waals surface area contributed by atoms with E-state index in [1.807, 2.05) is 0 Å². The summed E-state index contributed by atoms with van der Waals surface area (Å²) in [5, 5.41) is 0. The minimum atomic E-state index is -6.02. The van der Waals surface area contributed by atoms with E-state index in [9.17, 15) is 0 Å². The fourth-order valence-electron chi connectivity index (χ4n) is 1.34. The molecule has 0 aromatic rings. The number of nitrogens with zero attached hydrogens (tertiary/aromatic N) is 1. The van der Waals surface area contributed by atoms with Crippen LogP contribution in [0.3, 0.4) is 0 Å². The summed E-state index contributed by atoms with van der Waals surface area (Å²) >= 11 is -12.0. The summed E-state index contributed by atoms with van der Waals surface area (Å²) in [6, 6.07) is 0. The van der Waals surface area contributed by atoms with E-state index in [0.717, 1.165) is 0 Å². The molecule has 0 atom stereocenters. The molecule has 0 amide bonds. The summed E-state index contributed by atoms with van der Waals surface area (Å²) in [6.07, 6.45) is 0. The van der Waals surface area contributed by atoms with Crippen LogP contribution in [0, 0.1) is 0 Å². The van der Waals surface area contributed by atoms with Gasteiger partial charge in [-0.05, 0) is 27.7 Å². The summed E-state index contributed by atoms with van der Waals surface area (Å²) in [5.41, 5.74) is 0. The molecule has 0 aromatic heterocycles. The fourth-order valence-corrected chi connectivity index (χ4v) is 1.34. The molecule has 0 aliphatic rings. The first kappa shape index (κ1) is 24.4. The van der Waals surface area contributed by atoms with Crippen molar-refractivity contribution >= 4 is 0 Å². The number of rotatable bonds is 4. The predicted octanol–water partition coefficient (Wildman–Crippen LogP) is -3.35. The maximum atomic E-state index is 8.63. The van der Waals surface area contributed by atoms with Gasteiger partial charge in [-0.25, -0.2) is 0 Å². The molecule has 0 fully saturated rings. The van der Waals surface area contributed by atoms with Crippen molar-refractivity contribution in [2.24, 2.45) is 0 Å². The van der Waals surface area contributed by atoms with Crippen LogP contribution in [0.25, 0.3) is 0 Å². The average molecular weight is 450 g/mol. The molecule has 0 spiro atoms. The Hall–Kier alpha value is 0.377. The van der Waals surface area contributed by atoms with Crippen LogP contribution in [0.15, 0.2) is 0 Å². The molecule has 0 aromatic carbocycles. The third kappa shape index (κ3) is 32.2. The van der Waals surface area contributed by atoms with Gasteiger partial charge in [-0.1, -0.05) is 0 Å². The van der Waals surface area contributed by atoms with Gasteiger partial charge in [0.15, 0.2) is 0 Å². The normalized spacial score (nSPS) is 11.8. The van der Waals surface area contributed by atoms with Crippen LogP contribution >= 0.6 is 0 Å². The SMILES string of the molecule is CC[N+](CC)(CC)CC.[O]=[Mo](=[O])([O-])[O-].[O]=[Mo](=[O])([O-])[O-]. The van der Waals surface area contributed by atoms with Crippen LogP contribution in [-0.2, 0) is 47.1 Å². The van der Waals surface area contributed by atoms with Crippen molar-refractivity contribution in [1.82, 2.24) is 0 Å². The Balaban J connectivity index is -0.000000219. The van der Waals surface area contributed by atoms with Crippen LogP contribution in [0.1, 0.15) is 27.7 Å². The van der Waals surface area contributed by atoms with Gasteiger partial charge in [0, 0.05) is 0 Å². The van der Waals surface area contributed by atoms with Gasteiger partial charge in [-0.15, -0.1) is 0 Å². The summed E-state index contributed by atoms with van der Waals surface area (Å²) < 4.78 is 70.3. The predicted molar refractivity (Wildman–Crippen MR) is 45.2 cm³/mol. The van der Waals surface area contributed by atoms with E-state index in [4.69, 9.17) is 28.6 Å². The van der Waals surface area contributed by atoms with Crippen LogP contribution in [0.2, 0.25) is 0 Å². The third-order valence-corrected chi connectivity index (χ3v) is 2.68. The standard InChI is InChI=1S/C8H20N.2Mo.8O/c1-5-9(6-2,7-3)8-4;;;;;;;;;;/h5-8H2,1-4H3;;;;;;;;;;/q+1;;;;;;;4*-1. The second-order valence-corrected chi connectivity index (χ2v) is 7.44. The minimum absolute atomic E-state index is 1.28. The third-order valence-electron chi connectivity index (χ3n) is 2.68. The Morgan fingerprint density at radius 2 is 0.737 bits per heavy atom. The van der Waals surface area contributed by atoms with E-state index < -0.39 is 33.5 Å². The first-order valence-electron chi connectivity index (χ1n) is 5.43. The van der Waals surface area contributed by atoms with Crippen molar-refractivity contribution in [2.75, 3.05) is 26.2 Å². The van der Waals surface area contributed by atoms with E-state index >= 15 is 0 Å². The van der Waals surface area contributed by atoms with Gasteiger partial charge >= 0.3 is 62.1 Å². The first-order chi connectivity index (χ1) is 8.24. The second-order valence-electron chi connectivity index (χ2n) is 3.42. The van der Waals surface area contributed by atoms with Gasteiger partial charge < -0.3 is 4.48 Å². The maximum absolute atomic E-state index is 8.63. The summed E-state index contributed by atoms with van der Waals surface area (Å²) in [6.45, 7) is 14.2. The number of quaternary nitrogens is 1. The van der Waals surface area contributed by atoms with Gasteiger partial charge in [-0.3, -0.25) is 0 Å². The molecule has 0 N–H and O–H groups in total. The molecule has 0 radical (unpaired) electrons. The van der Waals surface area contributed by atoms with Gasteiger partial charge in [0.1, 0.15) is 0 Å². The van der Waals surface area contributed by atoms with Gasteiger partial charge in [0.25, 0.3) is 0 Å². The Bertz CT molecular complexity index is 335. The van der Waals surface area contributed by atoms with E-state index in [2.05, 4.69) is 27.7 Å². The van der Waals surface area contributed by atoms with E-state index in [0.29, 0.717) is 0 Å². The molecule has 120 valence electrons. The van der Waals surface area contributed by atoms with Crippen molar-refractivity contribution < 1.29 is 66.6 Å². The zero-order valence-corrected chi connectivity index (χ0v) is 15.4. The molecule has 19 heavy (non-hydrogen) atoms. The van der Waals surface area contributed by atoms with Crippen molar-refractivity contribution in [3.05, 3.63) is 0 Å². The quantitative estimate of drug-likeness (QED) is 0.317. The Morgan fingerprint density at radius 3 is 0.737 bits per heavy atom. The molecule has 0 aliphatic heterocycles. The summed E-state index contributed by atoms with van der Waals surface area (Å²) in [4.78, 5) is 0. The van der Waals surface area contributed by atoms with E-state index in [-0.39, 0.29) is 0 Å². The second kappa shape index (κ2) is 11.1. The molecular weight excluding hydrogens is 430 g/mol.